The lowest BCUT2D eigenvalue weighted by Gasteiger charge is -2.29. The van der Waals surface area contributed by atoms with E-state index in [1.54, 1.807) is 16.4 Å². The van der Waals surface area contributed by atoms with Crippen LogP contribution in [-0.4, -0.2) is 36.3 Å². The summed E-state index contributed by atoms with van der Waals surface area (Å²) in [6.07, 6.45) is 5.11. The molecule has 1 amide bonds. The molecule has 0 saturated carbocycles. The van der Waals surface area contributed by atoms with Crippen LogP contribution in [0.25, 0.3) is 10.2 Å². The summed E-state index contributed by atoms with van der Waals surface area (Å²) in [6.45, 7) is 5.42. The van der Waals surface area contributed by atoms with E-state index in [9.17, 15) is 13.2 Å². The molecule has 0 N–H and O–H groups in total. The van der Waals surface area contributed by atoms with Gasteiger partial charge >= 0.3 is 0 Å². The summed E-state index contributed by atoms with van der Waals surface area (Å²) in [5.74, 6) is 0.176. The number of thiazole rings is 1. The van der Waals surface area contributed by atoms with Gasteiger partial charge in [0.05, 0.1) is 15.1 Å². The second-order valence-corrected chi connectivity index (χ2v) is 11.8. The number of aromatic nitrogens is 1. The van der Waals surface area contributed by atoms with Gasteiger partial charge in [0, 0.05) is 25.7 Å². The minimum atomic E-state index is -3.53. The standard InChI is InChI=1S/C25H31N3O3S2/c1-4-5-6-19-7-12-22-23(17-19)32-25(27(22)3)26-24(29)20-8-10-21(11-9-20)33(30,31)28-15-13-18(2)14-16-28/h7-12,17-18H,4-6,13-16H2,1-3H3. The Bertz CT molecular complexity index is 1310. The van der Waals surface area contributed by atoms with Crippen LogP contribution in [0.15, 0.2) is 52.4 Å². The molecule has 0 aliphatic carbocycles. The molecule has 1 aliphatic heterocycles. The number of amides is 1. The molecule has 6 nitrogen and oxygen atoms in total. The lowest BCUT2D eigenvalue weighted by molar-refractivity contribution is 0.0998. The highest BCUT2D eigenvalue weighted by Gasteiger charge is 2.28. The molecule has 33 heavy (non-hydrogen) atoms. The Labute approximate surface area is 199 Å². The Balaban J connectivity index is 1.56. The minimum absolute atomic E-state index is 0.223. The Hall–Kier alpha value is -2.29. The largest absolute Gasteiger partial charge is 0.319 e. The van der Waals surface area contributed by atoms with E-state index in [1.807, 2.05) is 11.6 Å². The van der Waals surface area contributed by atoms with Crippen LogP contribution >= 0.6 is 11.3 Å². The predicted octanol–water partition coefficient (Wildman–Crippen LogP) is 4.74. The number of nitrogens with zero attached hydrogens (tertiary/aromatic N) is 3. The lowest BCUT2D eigenvalue weighted by atomic mass is 10.0. The molecule has 2 aromatic carbocycles. The summed E-state index contributed by atoms with van der Waals surface area (Å²) in [7, 11) is -1.62. The van der Waals surface area contributed by atoms with Crippen LogP contribution in [0.1, 0.15) is 55.5 Å². The van der Waals surface area contributed by atoms with Crippen molar-refractivity contribution in [1.29, 1.82) is 0 Å². The third-order valence-electron chi connectivity index (χ3n) is 6.37. The van der Waals surface area contributed by atoms with Gasteiger partial charge in [0.15, 0.2) is 4.80 Å². The summed E-state index contributed by atoms with van der Waals surface area (Å²) in [5, 5.41) is 0. The normalized spacial score (nSPS) is 16.5. The highest BCUT2D eigenvalue weighted by atomic mass is 32.2. The molecule has 2 heterocycles. The Morgan fingerprint density at radius 1 is 1.12 bits per heavy atom. The Morgan fingerprint density at radius 2 is 1.82 bits per heavy atom. The molecule has 4 rings (SSSR count). The molecule has 176 valence electrons. The van der Waals surface area contributed by atoms with Gasteiger partial charge in [-0.15, -0.1) is 0 Å². The van der Waals surface area contributed by atoms with Crippen molar-refractivity contribution in [3.05, 3.63) is 58.4 Å². The van der Waals surface area contributed by atoms with Crippen LogP contribution in [0.2, 0.25) is 0 Å². The number of piperidine rings is 1. The molecule has 0 unspecified atom stereocenters. The number of carbonyl (C=O) groups is 1. The summed E-state index contributed by atoms with van der Waals surface area (Å²) in [4.78, 5) is 18.0. The second kappa shape index (κ2) is 9.91. The maximum atomic E-state index is 12.9. The summed E-state index contributed by atoms with van der Waals surface area (Å²) in [5.41, 5.74) is 2.72. The van der Waals surface area contributed by atoms with Gasteiger partial charge in [0.2, 0.25) is 10.0 Å². The van der Waals surface area contributed by atoms with Crippen LogP contribution in [0.5, 0.6) is 0 Å². The number of rotatable bonds is 6. The first kappa shape index (κ1) is 23.9. The number of aryl methyl sites for hydroxylation is 2. The van der Waals surface area contributed by atoms with Crippen molar-refractivity contribution in [3.63, 3.8) is 0 Å². The maximum Gasteiger partial charge on any atom is 0.279 e. The molecule has 1 saturated heterocycles. The van der Waals surface area contributed by atoms with Crippen molar-refractivity contribution in [2.45, 2.75) is 50.8 Å². The van der Waals surface area contributed by atoms with E-state index in [2.05, 4.69) is 37.0 Å². The fourth-order valence-corrected chi connectivity index (χ4v) is 6.67. The first-order valence-corrected chi connectivity index (χ1v) is 13.8. The van der Waals surface area contributed by atoms with Gasteiger partial charge in [0.1, 0.15) is 0 Å². The number of unbranched alkanes of at least 4 members (excludes halogenated alkanes) is 1. The fraction of sp³-hybridized carbons (Fsp3) is 0.440. The fourth-order valence-electron chi connectivity index (χ4n) is 4.12. The van der Waals surface area contributed by atoms with E-state index in [1.165, 1.54) is 29.0 Å². The molecule has 0 atom stereocenters. The van der Waals surface area contributed by atoms with Crippen molar-refractivity contribution < 1.29 is 13.2 Å². The number of hydrogen-bond donors (Lipinski definition) is 0. The van der Waals surface area contributed by atoms with Gasteiger partial charge < -0.3 is 4.57 Å². The highest BCUT2D eigenvalue weighted by Crippen LogP contribution is 2.24. The van der Waals surface area contributed by atoms with Crippen LogP contribution in [0.3, 0.4) is 0 Å². The number of benzene rings is 2. The van der Waals surface area contributed by atoms with Crippen LogP contribution in [0, 0.1) is 5.92 Å². The van der Waals surface area contributed by atoms with Gasteiger partial charge in [-0.25, -0.2) is 8.42 Å². The van der Waals surface area contributed by atoms with Crippen molar-refractivity contribution in [2.24, 2.45) is 18.0 Å². The van der Waals surface area contributed by atoms with E-state index < -0.39 is 10.0 Å². The maximum absolute atomic E-state index is 12.9. The summed E-state index contributed by atoms with van der Waals surface area (Å²) >= 11 is 1.49. The van der Waals surface area contributed by atoms with Gasteiger partial charge in [-0.05, 0) is 73.6 Å². The molecule has 3 aromatic rings. The minimum Gasteiger partial charge on any atom is -0.319 e. The number of carbonyl (C=O) groups excluding carboxylic acids is 1. The monoisotopic (exact) mass is 485 g/mol. The quantitative estimate of drug-likeness (QED) is 0.506. The Morgan fingerprint density at radius 3 is 2.48 bits per heavy atom. The van der Waals surface area contributed by atoms with E-state index in [0.717, 1.165) is 42.3 Å². The average molecular weight is 486 g/mol. The SMILES string of the molecule is CCCCc1ccc2c(c1)sc(=NC(=O)c1ccc(S(=O)(=O)N3CCC(C)CC3)cc1)n2C. The third-order valence-corrected chi connectivity index (χ3v) is 9.38. The van der Waals surface area contributed by atoms with Gasteiger partial charge in [-0.2, -0.15) is 9.30 Å². The first-order chi connectivity index (χ1) is 15.8. The number of fused-ring (bicyclic) bond motifs is 1. The molecule has 0 spiro atoms. The highest BCUT2D eigenvalue weighted by molar-refractivity contribution is 7.89. The third kappa shape index (κ3) is 5.13. The molecule has 0 bridgehead atoms. The van der Waals surface area contributed by atoms with E-state index >= 15 is 0 Å². The van der Waals surface area contributed by atoms with Crippen molar-refractivity contribution >= 4 is 37.5 Å². The van der Waals surface area contributed by atoms with Gasteiger partial charge in [-0.1, -0.05) is 37.7 Å². The van der Waals surface area contributed by atoms with Crippen molar-refractivity contribution in [1.82, 2.24) is 8.87 Å². The van der Waals surface area contributed by atoms with Crippen molar-refractivity contribution in [3.8, 4) is 0 Å². The van der Waals surface area contributed by atoms with E-state index in [0.29, 0.717) is 29.4 Å². The molecule has 1 aliphatic rings. The summed E-state index contributed by atoms with van der Waals surface area (Å²) < 4.78 is 30.4. The van der Waals surface area contributed by atoms with E-state index in [-0.39, 0.29) is 10.8 Å². The number of hydrogen-bond acceptors (Lipinski definition) is 4. The van der Waals surface area contributed by atoms with Crippen LogP contribution in [0.4, 0.5) is 0 Å². The molecule has 0 radical (unpaired) electrons. The van der Waals surface area contributed by atoms with Crippen LogP contribution in [-0.2, 0) is 23.5 Å². The Kier molecular flexibility index (Phi) is 7.16. The molecular formula is C25H31N3O3S2. The number of sulfonamides is 1. The lowest BCUT2D eigenvalue weighted by Crippen LogP contribution is -2.37. The zero-order valence-electron chi connectivity index (χ0n) is 19.5. The molecule has 1 fully saturated rings. The average Bonchev–Trinajstić information content (AvgIpc) is 3.12. The van der Waals surface area contributed by atoms with Gasteiger partial charge in [-0.3, -0.25) is 4.79 Å². The summed E-state index contributed by atoms with van der Waals surface area (Å²) in [6, 6.07) is 12.5. The zero-order chi connectivity index (χ0) is 23.6. The second-order valence-electron chi connectivity index (χ2n) is 8.88. The first-order valence-electron chi connectivity index (χ1n) is 11.6. The topological polar surface area (TPSA) is 71.7 Å². The predicted molar refractivity (Wildman–Crippen MR) is 133 cm³/mol. The molecule has 8 heteroatoms. The van der Waals surface area contributed by atoms with E-state index in [4.69, 9.17) is 0 Å². The zero-order valence-corrected chi connectivity index (χ0v) is 21.1. The molecular weight excluding hydrogens is 454 g/mol. The van der Waals surface area contributed by atoms with Crippen LogP contribution < -0.4 is 4.80 Å². The molecule has 1 aromatic heterocycles. The van der Waals surface area contributed by atoms with Gasteiger partial charge in [0.25, 0.3) is 5.91 Å². The smallest absolute Gasteiger partial charge is 0.279 e. The van der Waals surface area contributed by atoms with Crippen molar-refractivity contribution in [2.75, 3.05) is 13.1 Å².